The van der Waals surface area contributed by atoms with Crippen LogP contribution < -0.4 is 0 Å². The minimum absolute atomic E-state index is 0.00912. The molecule has 142 valence electrons. The van der Waals surface area contributed by atoms with Crippen LogP contribution in [0, 0.1) is 28.6 Å². The second-order valence-corrected chi connectivity index (χ2v) is 9.19. The van der Waals surface area contributed by atoms with Gasteiger partial charge in [0.25, 0.3) is 0 Å². The molecule has 5 unspecified atom stereocenters. The van der Waals surface area contributed by atoms with Crippen molar-refractivity contribution in [1.29, 1.82) is 0 Å². The molecule has 5 heteroatoms. The summed E-state index contributed by atoms with van der Waals surface area (Å²) in [6, 6.07) is 0. The smallest absolute Gasteiger partial charge is 0.190 e. The number of fused-ring (bicyclic) bond motifs is 5. The van der Waals surface area contributed by atoms with Gasteiger partial charge in [-0.25, -0.2) is 0 Å². The second-order valence-electron chi connectivity index (χ2n) is 9.19. The normalized spacial score (nSPS) is 49.9. The van der Waals surface area contributed by atoms with Crippen molar-refractivity contribution in [3.63, 3.8) is 0 Å². The van der Waals surface area contributed by atoms with Gasteiger partial charge in [0.15, 0.2) is 11.6 Å². The lowest BCUT2D eigenvalue weighted by Gasteiger charge is -2.59. The van der Waals surface area contributed by atoms with Gasteiger partial charge in [0.1, 0.15) is 12.2 Å². The first kappa shape index (κ1) is 18.1. The maximum absolute atomic E-state index is 12.4. The summed E-state index contributed by atoms with van der Waals surface area (Å²) in [6.45, 7) is 3.34. The second kappa shape index (κ2) is 5.60. The molecule has 4 rings (SSSR count). The molecule has 0 heterocycles. The van der Waals surface area contributed by atoms with Crippen molar-refractivity contribution in [1.82, 2.24) is 0 Å². The number of Topliss-reactive ketones (excluding diaryl/α,β-unsaturated/α-hetero) is 1. The predicted octanol–water partition coefficient (Wildman–Crippen LogP) is 1.56. The highest BCUT2D eigenvalue weighted by Crippen LogP contribution is 2.67. The molecule has 7 atom stereocenters. The van der Waals surface area contributed by atoms with Gasteiger partial charge < -0.3 is 15.3 Å². The Morgan fingerprint density at radius 1 is 1.31 bits per heavy atom. The van der Waals surface area contributed by atoms with Crippen LogP contribution in [0.25, 0.3) is 0 Å². The van der Waals surface area contributed by atoms with Crippen LogP contribution in [0.15, 0.2) is 23.8 Å². The summed E-state index contributed by atoms with van der Waals surface area (Å²) in [7, 11) is 0. The molecule has 4 aliphatic carbocycles. The van der Waals surface area contributed by atoms with E-state index < -0.39 is 29.5 Å². The van der Waals surface area contributed by atoms with E-state index in [1.807, 2.05) is 13.0 Å². The fourth-order valence-corrected chi connectivity index (χ4v) is 6.92. The molecule has 26 heavy (non-hydrogen) atoms. The Morgan fingerprint density at radius 2 is 2.04 bits per heavy atom. The summed E-state index contributed by atoms with van der Waals surface area (Å²) in [5.74, 6) is -0.227. The topological polar surface area (TPSA) is 94.8 Å². The van der Waals surface area contributed by atoms with Gasteiger partial charge in [-0.1, -0.05) is 25.5 Å². The summed E-state index contributed by atoms with van der Waals surface area (Å²) in [5, 5.41) is 31.7. The number of ketones is 2. The van der Waals surface area contributed by atoms with Gasteiger partial charge in [-0.15, -0.1) is 0 Å². The van der Waals surface area contributed by atoms with Gasteiger partial charge in [0.05, 0.1) is 6.10 Å². The molecule has 0 spiro atoms. The van der Waals surface area contributed by atoms with Crippen molar-refractivity contribution in [2.24, 2.45) is 28.6 Å². The Hall–Kier alpha value is -1.30. The summed E-state index contributed by atoms with van der Waals surface area (Å²) in [4.78, 5) is 24.2. The Labute approximate surface area is 153 Å². The monoisotopic (exact) mass is 360 g/mol. The van der Waals surface area contributed by atoms with Gasteiger partial charge >= 0.3 is 0 Å². The first-order valence-electron chi connectivity index (χ1n) is 9.66. The van der Waals surface area contributed by atoms with E-state index in [0.29, 0.717) is 12.8 Å². The molecule has 0 aromatic carbocycles. The number of hydrogen-bond donors (Lipinski definition) is 3. The van der Waals surface area contributed by atoms with Gasteiger partial charge in [0.2, 0.25) is 0 Å². The van der Waals surface area contributed by atoms with Crippen LogP contribution in [-0.2, 0) is 9.59 Å². The van der Waals surface area contributed by atoms with Crippen LogP contribution >= 0.6 is 0 Å². The number of aliphatic hydroxyl groups excluding tert-OH is 2. The van der Waals surface area contributed by atoms with Crippen LogP contribution in [0.4, 0.5) is 0 Å². The van der Waals surface area contributed by atoms with Gasteiger partial charge in [-0.2, -0.15) is 0 Å². The molecule has 0 radical (unpaired) electrons. The quantitative estimate of drug-likeness (QED) is 0.695. The highest BCUT2D eigenvalue weighted by Gasteiger charge is 2.67. The zero-order valence-corrected chi connectivity index (χ0v) is 15.4. The first-order valence-corrected chi connectivity index (χ1v) is 9.66. The van der Waals surface area contributed by atoms with E-state index in [9.17, 15) is 24.9 Å². The average Bonchev–Trinajstić information content (AvgIpc) is 2.86. The molecule has 3 fully saturated rings. The van der Waals surface area contributed by atoms with Crippen LogP contribution in [0.1, 0.15) is 46.0 Å². The molecule has 0 aliphatic heterocycles. The minimum atomic E-state index is -1.56. The summed E-state index contributed by atoms with van der Waals surface area (Å²) in [6.07, 6.45) is 7.68. The molecule has 0 aromatic heterocycles. The third-order valence-corrected chi connectivity index (χ3v) is 8.25. The van der Waals surface area contributed by atoms with Crippen molar-refractivity contribution in [2.45, 2.75) is 57.7 Å². The van der Waals surface area contributed by atoms with E-state index in [4.69, 9.17) is 0 Å². The van der Waals surface area contributed by atoms with Crippen molar-refractivity contribution < 1.29 is 24.9 Å². The van der Waals surface area contributed by atoms with Crippen LogP contribution in [-0.4, -0.2) is 45.2 Å². The third kappa shape index (κ3) is 2.08. The Morgan fingerprint density at radius 3 is 2.73 bits per heavy atom. The van der Waals surface area contributed by atoms with Crippen molar-refractivity contribution in [3.8, 4) is 0 Å². The van der Waals surface area contributed by atoms with Crippen molar-refractivity contribution >= 4 is 11.6 Å². The molecule has 3 saturated carbocycles. The molecule has 4 aliphatic rings. The average molecular weight is 360 g/mol. The van der Waals surface area contributed by atoms with E-state index in [1.165, 1.54) is 0 Å². The van der Waals surface area contributed by atoms with E-state index in [1.54, 1.807) is 12.2 Å². The number of allylic oxidation sites excluding steroid dienone is 4. The Balaban J connectivity index is 1.75. The standard InChI is InChI=1S/C21H28O5/c1-19-7-5-13(23)9-12(19)3-4-14-15-6-8-21(26,17(25)11-22)20(15,2)10-16(24)18(14)19/h5,7,9,14-16,18,22,24,26H,3-4,6,8,10-11H2,1-2H3/t14?,15?,16-,18?,19?,20?,21-/m0/s1. The lowest BCUT2D eigenvalue weighted by Crippen LogP contribution is -2.61. The number of hydrogen-bond acceptors (Lipinski definition) is 5. The van der Waals surface area contributed by atoms with E-state index >= 15 is 0 Å². The number of aliphatic hydroxyl groups is 3. The zero-order chi connectivity index (χ0) is 18.9. The van der Waals surface area contributed by atoms with Crippen LogP contribution in [0.2, 0.25) is 0 Å². The molecule has 0 bridgehead atoms. The SMILES string of the molecule is CC12C=CC(=O)C=C1CCC1C2[C@@H](O)CC2(C)C1CC[C@]2(O)C(=O)CO. The summed E-state index contributed by atoms with van der Waals surface area (Å²) in [5.41, 5.74) is -1.54. The third-order valence-electron chi connectivity index (χ3n) is 8.25. The summed E-state index contributed by atoms with van der Waals surface area (Å²) < 4.78 is 0. The van der Waals surface area contributed by atoms with Gasteiger partial charge in [0, 0.05) is 16.7 Å². The number of carbonyl (C=O) groups is 2. The number of rotatable bonds is 2. The molecule has 0 amide bonds. The highest BCUT2D eigenvalue weighted by atomic mass is 16.3. The molecule has 0 aromatic rings. The predicted molar refractivity (Wildman–Crippen MR) is 95.0 cm³/mol. The van der Waals surface area contributed by atoms with Crippen LogP contribution in [0.5, 0.6) is 0 Å². The fourth-order valence-electron chi connectivity index (χ4n) is 6.92. The highest BCUT2D eigenvalue weighted by molar-refractivity contribution is 6.01. The van der Waals surface area contributed by atoms with Gasteiger partial charge in [-0.05, 0) is 56.1 Å². The zero-order valence-electron chi connectivity index (χ0n) is 15.4. The Bertz CT molecular complexity index is 724. The molecular weight excluding hydrogens is 332 g/mol. The molecular formula is C21H28O5. The lowest BCUT2D eigenvalue weighted by molar-refractivity contribution is -0.178. The van der Waals surface area contributed by atoms with E-state index in [-0.39, 0.29) is 29.0 Å². The van der Waals surface area contributed by atoms with E-state index in [0.717, 1.165) is 24.8 Å². The van der Waals surface area contributed by atoms with E-state index in [2.05, 4.69) is 6.92 Å². The largest absolute Gasteiger partial charge is 0.393 e. The molecule has 0 saturated heterocycles. The number of carbonyl (C=O) groups excluding carboxylic acids is 2. The van der Waals surface area contributed by atoms with Crippen molar-refractivity contribution in [2.75, 3.05) is 6.61 Å². The fraction of sp³-hybridized carbons (Fsp3) is 0.714. The molecule has 5 nitrogen and oxygen atoms in total. The lowest BCUT2D eigenvalue weighted by atomic mass is 9.46. The van der Waals surface area contributed by atoms with Crippen LogP contribution in [0.3, 0.4) is 0 Å². The van der Waals surface area contributed by atoms with Gasteiger partial charge in [-0.3, -0.25) is 9.59 Å². The Kier molecular flexibility index (Phi) is 3.89. The minimum Gasteiger partial charge on any atom is -0.393 e. The maximum atomic E-state index is 12.4. The maximum Gasteiger partial charge on any atom is 0.190 e. The first-order chi connectivity index (χ1) is 12.2. The van der Waals surface area contributed by atoms with Crippen molar-refractivity contribution in [3.05, 3.63) is 23.8 Å². The molecule has 3 N–H and O–H groups in total. The summed E-state index contributed by atoms with van der Waals surface area (Å²) >= 11 is 0.